The number of nitrogens with one attached hydrogen (secondary N) is 1. The van der Waals surface area contributed by atoms with E-state index in [1.54, 1.807) is 28.7 Å². The van der Waals surface area contributed by atoms with Crippen LogP contribution in [0.2, 0.25) is 0 Å². The molecule has 0 unspecified atom stereocenters. The maximum atomic E-state index is 12.3. The van der Waals surface area contributed by atoms with Crippen molar-refractivity contribution in [3.8, 4) is 5.69 Å². The summed E-state index contributed by atoms with van der Waals surface area (Å²) >= 11 is 3.32. The van der Waals surface area contributed by atoms with Crippen LogP contribution in [0.1, 0.15) is 18.7 Å². The zero-order valence-electron chi connectivity index (χ0n) is 12.8. The molecule has 1 aromatic carbocycles. The van der Waals surface area contributed by atoms with Crippen molar-refractivity contribution in [2.45, 2.75) is 19.9 Å². The summed E-state index contributed by atoms with van der Waals surface area (Å²) in [5.74, 6) is -0.122. The van der Waals surface area contributed by atoms with Crippen molar-refractivity contribution in [3.05, 3.63) is 59.1 Å². The number of carbonyl (C=O) groups is 1. The quantitative estimate of drug-likeness (QED) is 0.762. The van der Waals surface area contributed by atoms with Crippen LogP contribution in [-0.2, 0) is 4.79 Å². The van der Waals surface area contributed by atoms with E-state index in [1.165, 1.54) is 0 Å². The largest absolute Gasteiger partial charge is 0.324 e. The van der Waals surface area contributed by atoms with Crippen LogP contribution in [0.3, 0.4) is 0 Å². The van der Waals surface area contributed by atoms with E-state index < -0.39 is 6.04 Å². The third-order valence-electron chi connectivity index (χ3n) is 3.47. The van der Waals surface area contributed by atoms with Gasteiger partial charge in [0.05, 0.1) is 22.1 Å². The SMILES string of the molecule is Cc1ccn(-c2ccc(NC(=O)[C@H](C)n3cc(Br)cn3)cc2)n1. The zero-order valence-corrected chi connectivity index (χ0v) is 14.4. The third kappa shape index (κ3) is 3.50. The predicted octanol–water partition coefficient (Wildman–Crippen LogP) is 3.34. The Balaban J connectivity index is 1.69. The Kier molecular flexibility index (Phi) is 4.29. The number of hydrogen-bond donors (Lipinski definition) is 1. The number of carbonyl (C=O) groups excluding carboxylic acids is 1. The van der Waals surface area contributed by atoms with Crippen LogP contribution >= 0.6 is 15.9 Å². The highest BCUT2D eigenvalue weighted by molar-refractivity contribution is 9.10. The molecule has 0 aliphatic rings. The average Bonchev–Trinajstić information content (AvgIpc) is 3.16. The van der Waals surface area contributed by atoms with E-state index in [0.717, 1.165) is 21.5 Å². The Hall–Kier alpha value is -2.41. The van der Waals surface area contributed by atoms with Crippen LogP contribution in [0, 0.1) is 6.92 Å². The van der Waals surface area contributed by atoms with E-state index in [4.69, 9.17) is 0 Å². The highest BCUT2D eigenvalue weighted by atomic mass is 79.9. The van der Waals surface area contributed by atoms with Gasteiger partial charge in [-0.2, -0.15) is 10.2 Å². The van der Waals surface area contributed by atoms with Gasteiger partial charge in [-0.05, 0) is 60.1 Å². The lowest BCUT2D eigenvalue weighted by Gasteiger charge is -2.13. The number of benzene rings is 1. The van der Waals surface area contributed by atoms with Crippen molar-refractivity contribution in [2.75, 3.05) is 5.32 Å². The number of aromatic nitrogens is 4. The minimum absolute atomic E-state index is 0.122. The Morgan fingerprint density at radius 3 is 2.57 bits per heavy atom. The molecular formula is C16H16BrN5O. The van der Waals surface area contributed by atoms with Gasteiger partial charge in [0.25, 0.3) is 0 Å². The second-order valence-corrected chi connectivity index (χ2v) is 6.17. The van der Waals surface area contributed by atoms with Gasteiger partial charge >= 0.3 is 0 Å². The molecule has 1 atom stereocenters. The maximum absolute atomic E-state index is 12.3. The van der Waals surface area contributed by atoms with Crippen LogP contribution in [0.5, 0.6) is 0 Å². The van der Waals surface area contributed by atoms with Crippen LogP contribution in [-0.4, -0.2) is 25.5 Å². The minimum Gasteiger partial charge on any atom is -0.324 e. The molecule has 23 heavy (non-hydrogen) atoms. The number of anilines is 1. The van der Waals surface area contributed by atoms with Gasteiger partial charge in [-0.1, -0.05) is 0 Å². The molecule has 0 aliphatic heterocycles. The van der Waals surface area contributed by atoms with Crippen molar-refractivity contribution in [1.82, 2.24) is 19.6 Å². The number of aryl methyl sites for hydroxylation is 1. The summed E-state index contributed by atoms with van der Waals surface area (Å²) in [5.41, 5.74) is 2.64. The predicted molar refractivity (Wildman–Crippen MR) is 91.6 cm³/mol. The highest BCUT2D eigenvalue weighted by Crippen LogP contribution is 2.16. The highest BCUT2D eigenvalue weighted by Gasteiger charge is 2.15. The van der Waals surface area contributed by atoms with Crippen molar-refractivity contribution in [1.29, 1.82) is 0 Å². The second-order valence-electron chi connectivity index (χ2n) is 5.25. The third-order valence-corrected chi connectivity index (χ3v) is 3.88. The Morgan fingerprint density at radius 1 is 1.26 bits per heavy atom. The fraction of sp³-hybridized carbons (Fsp3) is 0.188. The van der Waals surface area contributed by atoms with E-state index in [-0.39, 0.29) is 5.91 Å². The molecule has 0 saturated carbocycles. The van der Waals surface area contributed by atoms with Crippen LogP contribution in [0.15, 0.2) is 53.4 Å². The average molecular weight is 374 g/mol. The van der Waals surface area contributed by atoms with Gasteiger partial charge in [0.2, 0.25) is 5.91 Å². The molecule has 0 aliphatic carbocycles. The Labute approximate surface area is 142 Å². The molecule has 1 amide bonds. The molecule has 1 N–H and O–H groups in total. The lowest BCUT2D eigenvalue weighted by Crippen LogP contribution is -2.23. The first kappa shape index (κ1) is 15.5. The molecule has 0 spiro atoms. The van der Waals surface area contributed by atoms with Crippen molar-refractivity contribution in [3.63, 3.8) is 0 Å². The maximum Gasteiger partial charge on any atom is 0.248 e. The summed E-state index contributed by atoms with van der Waals surface area (Å²) < 4.78 is 4.25. The number of nitrogens with zero attached hydrogens (tertiary/aromatic N) is 4. The van der Waals surface area contributed by atoms with E-state index in [0.29, 0.717) is 0 Å². The standard InChI is InChI=1S/C16H16BrN5O/c1-11-7-8-21(20-11)15-5-3-14(4-6-15)19-16(23)12(2)22-10-13(17)9-18-22/h3-10,12H,1-2H3,(H,19,23)/t12-/m0/s1. The normalized spacial score (nSPS) is 12.1. The molecule has 2 heterocycles. The summed E-state index contributed by atoms with van der Waals surface area (Å²) in [4.78, 5) is 12.3. The first-order valence-corrected chi connectivity index (χ1v) is 7.95. The van der Waals surface area contributed by atoms with Crippen molar-refractivity contribution >= 4 is 27.5 Å². The van der Waals surface area contributed by atoms with E-state index >= 15 is 0 Å². The van der Waals surface area contributed by atoms with Gasteiger partial charge in [0.1, 0.15) is 6.04 Å². The smallest absolute Gasteiger partial charge is 0.248 e. The topological polar surface area (TPSA) is 64.7 Å². The van der Waals surface area contributed by atoms with Crippen LogP contribution in [0.25, 0.3) is 5.69 Å². The van der Waals surface area contributed by atoms with Crippen molar-refractivity contribution < 1.29 is 4.79 Å². The van der Waals surface area contributed by atoms with Gasteiger partial charge in [0.15, 0.2) is 0 Å². The van der Waals surface area contributed by atoms with Gasteiger partial charge < -0.3 is 5.32 Å². The summed E-state index contributed by atoms with van der Waals surface area (Å²) in [5, 5.41) is 11.4. The molecule has 0 bridgehead atoms. The molecule has 2 aromatic heterocycles. The molecule has 3 aromatic rings. The van der Waals surface area contributed by atoms with Gasteiger partial charge in [-0.3, -0.25) is 9.48 Å². The molecule has 6 nitrogen and oxygen atoms in total. The fourth-order valence-electron chi connectivity index (χ4n) is 2.15. The molecule has 0 saturated heterocycles. The lowest BCUT2D eigenvalue weighted by molar-refractivity contribution is -0.119. The monoisotopic (exact) mass is 373 g/mol. The summed E-state index contributed by atoms with van der Waals surface area (Å²) in [7, 11) is 0. The van der Waals surface area contributed by atoms with Gasteiger partial charge in [-0.25, -0.2) is 4.68 Å². The van der Waals surface area contributed by atoms with Crippen LogP contribution in [0.4, 0.5) is 5.69 Å². The molecular weight excluding hydrogens is 358 g/mol. The van der Waals surface area contributed by atoms with Gasteiger partial charge in [-0.15, -0.1) is 0 Å². The van der Waals surface area contributed by atoms with E-state index in [1.807, 2.05) is 43.5 Å². The molecule has 7 heteroatoms. The number of halogens is 1. The van der Waals surface area contributed by atoms with Gasteiger partial charge in [0, 0.05) is 18.1 Å². The summed E-state index contributed by atoms with van der Waals surface area (Å²) in [6.45, 7) is 3.75. The summed E-state index contributed by atoms with van der Waals surface area (Å²) in [6, 6.07) is 9.09. The first-order chi connectivity index (χ1) is 11.0. The fourth-order valence-corrected chi connectivity index (χ4v) is 2.45. The van der Waals surface area contributed by atoms with E-state index in [9.17, 15) is 4.79 Å². The number of amides is 1. The molecule has 0 fully saturated rings. The van der Waals surface area contributed by atoms with Crippen LogP contribution < -0.4 is 5.32 Å². The first-order valence-electron chi connectivity index (χ1n) is 7.16. The Morgan fingerprint density at radius 2 is 2.00 bits per heavy atom. The lowest BCUT2D eigenvalue weighted by atomic mass is 10.2. The van der Waals surface area contributed by atoms with E-state index in [2.05, 4.69) is 31.4 Å². The minimum atomic E-state index is -0.394. The number of rotatable bonds is 4. The zero-order chi connectivity index (χ0) is 16.4. The molecule has 118 valence electrons. The Bertz CT molecular complexity index is 821. The summed E-state index contributed by atoms with van der Waals surface area (Å²) in [6.07, 6.45) is 5.33. The van der Waals surface area contributed by atoms with Crippen molar-refractivity contribution in [2.24, 2.45) is 0 Å². The molecule has 0 radical (unpaired) electrons. The number of hydrogen-bond acceptors (Lipinski definition) is 3. The second kappa shape index (κ2) is 6.37. The molecule has 3 rings (SSSR count).